The van der Waals surface area contributed by atoms with Gasteiger partial charge in [-0.2, -0.15) is 0 Å². The highest BCUT2D eigenvalue weighted by molar-refractivity contribution is 5.85. The van der Waals surface area contributed by atoms with Gasteiger partial charge in [-0.15, -0.1) is 12.4 Å². The summed E-state index contributed by atoms with van der Waals surface area (Å²) in [5.41, 5.74) is 0. The monoisotopic (exact) mass is 316 g/mol. The van der Waals surface area contributed by atoms with Gasteiger partial charge in [-0.05, 0) is 12.1 Å². The lowest BCUT2D eigenvalue weighted by atomic mass is 10.1. The van der Waals surface area contributed by atoms with Crippen molar-refractivity contribution in [1.29, 1.82) is 0 Å². The lowest BCUT2D eigenvalue weighted by Crippen LogP contribution is -2.36. The number of carbonyl (C=O) groups excluding carboxylic acids is 1. The number of aliphatic hydroxyl groups is 1. The van der Waals surface area contributed by atoms with E-state index in [1.807, 2.05) is 12.1 Å². The molecule has 0 aromatic heterocycles. The standard InChI is InChI=1S/C14H20N2O4.ClH/c1-19-12-4-2-3-5-13(12)20-9-14(18)16-7-10-6-15-8-11(10)17;/h2-5,10-11,15,17H,6-9H2,1H3,(H,16,18);1H. The number of methoxy groups -OCH3 is 1. The number of carbonyl (C=O) groups is 1. The number of hydrogen-bond acceptors (Lipinski definition) is 5. The van der Waals surface area contributed by atoms with Crippen molar-refractivity contribution in [2.45, 2.75) is 6.10 Å². The number of amides is 1. The molecule has 21 heavy (non-hydrogen) atoms. The second kappa shape index (κ2) is 8.71. The molecule has 0 saturated carbocycles. The summed E-state index contributed by atoms with van der Waals surface area (Å²) in [6.45, 7) is 1.67. The van der Waals surface area contributed by atoms with E-state index in [1.54, 1.807) is 19.2 Å². The van der Waals surface area contributed by atoms with Gasteiger partial charge in [0.2, 0.25) is 0 Å². The van der Waals surface area contributed by atoms with Gasteiger partial charge < -0.3 is 25.2 Å². The van der Waals surface area contributed by atoms with Gasteiger partial charge >= 0.3 is 0 Å². The van der Waals surface area contributed by atoms with Crippen LogP contribution in [0.4, 0.5) is 0 Å². The van der Waals surface area contributed by atoms with Crippen molar-refractivity contribution in [2.24, 2.45) is 5.92 Å². The quantitative estimate of drug-likeness (QED) is 0.698. The van der Waals surface area contributed by atoms with E-state index in [-0.39, 0.29) is 30.8 Å². The van der Waals surface area contributed by atoms with Crippen LogP contribution in [0.15, 0.2) is 24.3 Å². The molecule has 118 valence electrons. The smallest absolute Gasteiger partial charge is 0.257 e. The normalized spacial score (nSPS) is 20.5. The zero-order valence-electron chi connectivity index (χ0n) is 11.9. The molecular formula is C14H21ClN2O4. The van der Waals surface area contributed by atoms with Crippen LogP contribution in [0, 0.1) is 5.92 Å². The third-order valence-electron chi connectivity index (χ3n) is 3.29. The molecule has 1 aliphatic rings. The van der Waals surface area contributed by atoms with Crippen molar-refractivity contribution in [3.05, 3.63) is 24.3 Å². The second-order valence-electron chi connectivity index (χ2n) is 4.73. The molecule has 7 heteroatoms. The molecule has 2 unspecified atom stereocenters. The predicted molar refractivity (Wildman–Crippen MR) is 81.1 cm³/mol. The van der Waals surface area contributed by atoms with Crippen molar-refractivity contribution >= 4 is 18.3 Å². The third-order valence-corrected chi connectivity index (χ3v) is 3.29. The number of β-amino-alcohol motifs (C(OH)–C–C–N with tert-alkyl or cyclic N) is 1. The lowest BCUT2D eigenvalue weighted by molar-refractivity contribution is -0.123. The Bertz CT molecular complexity index is 458. The van der Waals surface area contributed by atoms with Gasteiger partial charge in [0.05, 0.1) is 13.2 Å². The lowest BCUT2D eigenvalue weighted by Gasteiger charge is -2.14. The van der Waals surface area contributed by atoms with Gasteiger partial charge in [-0.25, -0.2) is 0 Å². The highest BCUT2D eigenvalue weighted by Gasteiger charge is 2.24. The fourth-order valence-electron chi connectivity index (χ4n) is 2.10. The van der Waals surface area contributed by atoms with E-state index in [0.29, 0.717) is 24.6 Å². The predicted octanol–water partition coefficient (Wildman–Crippen LogP) is 0.192. The first-order chi connectivity index (χ1) is 9.70. The van der Waals surface area contributed by atoms with Crippen LogP contribution in [0.25, 0.3) is 0 Å². The minimum absolute atomic E-state index is 0. The molecule has 2 atom stereocenters. The van der Waals surface area contributed by atoms with Crippen molar-refractivity contribution in [1.82, 2.24) is 10.6 Å². The highest BCUT2D eigenvalue weighted by Crippen LogP contribution is 2.25. The third kappa shape index (κ3) is 5.08. The van der Waals surface area contributed by atoms with E-state index >= 15 is 0 Å². The summed E-state index contributed by atoms with van der Waals surface area (Å²) in [7, 11) is 1.55. The van der Waals surface area contributed by atoms with Gasteiger partial charge in [0.15, 0.2) is 18.1 Å². The van der Waals surface area contributed by atoms with Crippen LogP contribution in [-0.4, -0.2) is 50.5 Å². The van der Waals surface area contributed by atoms with Crippen molar-refractivity contribution in [2.75, 3.05) is 33.4 Å². The molecule has 2 rings (SSSR count). The van der Waals surface area contributed by atoms with Crippen LogP contribution >= 0.6 is 12.4 Å². The first-order valence-electron chi connectivity index (χ1n) is 6.62. The summed E-state index contributed by atoms with van der Waals surface area (Å²) in [4.78, 5) is 11.7. The fraction of sp³-hybridized carbons (Fsp3) is 0.500. The van der Waals surface area contributed by atoms with Gasteiger partial charge in [-0.3, -0.25) is 4.79 Å². The van der Waals surface area contributed by atoms with Gasteiger partial charge in [0, 0.05) is 25.6 Å². The molecule has 1 heterocycles. The number of nitrogens with one attached hydrogen (secondary N) is 2. The number of halogens is 1. The molecule has 1 amide bonds. The maximum absolute atomic E-state index is 11.7. The average molecular weight is 317 g/mol. The van der Waals surface area contributed by atoms with Crippen LogP contribution in [0.2, 0.25) is 0 Å². The van der Waals surface area contributed by atoms with E-state index in [9.17, 15) is 9.90 Å². The van der Waals surface area contributed by atoms with E-state index in [4.69, 9.17) is 9.47 Å². The zero-order valence-corrected chi connectivity index (χ0v) is 12.7. The maximum atomic E-state index is 11.7. The molecule has 0 aliphatic carbocycles. The summed E-state index contributed by atoms with van der Waals surface area (Å²) in [5.74, 6) is 0.976. The summed E-state index contributed by atoms with van der Waals surface area (Å²) < 4.78 is 10.6. The molecule has 1 aromatic rings. The van der Waals surface area contributed by atoms with E-state index in [2.05, 4.69) is 10.6 Å². The first kappa shape index (κ1) is 17.6. The fourth-order valence-corrected chi connectivity index (χ4v) is 2.10. The summed E-state index contributed by atoms with van der Waals surface area (Å²) in [6, 6.07) is 7.17. The van der Waals surface area contributed by atoms with Crippen LogP contribution in [-0.2, 0) is 4.79 Å². The molecule has 1 aliphatic heterocycles. The SMILES string of the molecule is COc1ccccc1OCC(=O)NCC1CNCC1O.Cl. The maximum Gasteiger partial charge on any atom is 0.257 e. The minimum Gasteiger partial charge on any atom is -0.493 e. The van der Waals surface area contributed by atoms with Crippen molar-refractivity contribution < 1.29 is 19.4 Å². The van der Waals surface area contributed by atoms with E-state index < -0.39 is 6.10 Å². The molecule has 1 aromatic carbocycles. The summed E-state index contributed by atoms with van der Waals surface area (Å²) in [5, 5.41) is 15.4. The Morgan fingerprint density at radius 1 is 1.38 bits per heavy atom. The highest BCUT2D eigenvalue weighted by atomic mass is 35.5. The Balaban J connectivity index is 0.00000220. The number of benzene rings is 1. The zero-order chi connectivity index (χ0) is 14.4. The Morgan fingerprint density at radius 3 is 2.71 bits per heavy atom. The molecule has 1 saturated heterocycles. The Labute approximate surface area is 130 Å². The Hall–Kier alpha value is -1.50. The molecule has 3 N–H and O–H groups in total. The van der Waals surface area contributed by atoms with Gasteiger partial charge in [0.1, 0.15) is 0 Å². The van der Waals surface area contributed by atoms with E-state index in [1.165, 1.54) is 0 Å². The van der Waals surface area contributed by atoms with Crippen molar-refractivity contribution in [3.63, 3.8) is 0 Å². The van der Waals surface area contributed by atoms with Crippen LogP contribution in [0.3, 0.4) is 0 Å². The molecule has 0 radical (unpaired) electrons. The molecule has 0 bridgehead atoms. The van der Waals surface area contributed by atoms with Crippen LogP contribution in [0.5, 0.6) is 11.5 Å². The minimum atomic E-state index is -0.398. The summed E-state index contributed by atoms with van der Waals surface area (Å²) >= 11 is 0. The van der Waals surface area contributed by atoms with Crippen LogP contribution < -0.4 is 20.1 Å². The largest absolute Gasteiger partial charge is 0.493 e. The van der Waals surface area contributed by atoms with E-state index in [0.717, 1.165) is 6.54 Å². The molecule has 0 spiro atoms. The summed E-state index contributed by atoms with van der Waals surface area (Å²) in [6.07, 6.45) is -0.398. The van der Waals surface area contributed by atoms with Crippen molar-refractivity contribution in [3.8, 4) is 11.5 Å². The second-order valence-corrected chi connectivity index (χ2v) is 4.73. The number of para-hydroxylation sites is 2. The average Bonchev–Trinajstić information content (AvgIpc) is 2.88. The van der Waals surface area contributed by atoms with Crippen LogP contribution in [0.1, 0.15) is 0 Å². The molecule has 6 nitrogen and oxygen atoms in total. The number of hydrogen-bond donors (Lipinski definition) is 3. The molecule has 1 fully saturated rings. The topological polar surface area (TPSA) is 79.8 Å². The van der Waals surface area contributed by atoms with Gasteiger partial charge in [-0.1, -0.05) is 12.1 Å². The number of ether oxygens (including phenoxy) is 2. The van der Waals surface area contributed by atoms with Gasteiger partial charge in [0.25, 0.3) is 5.91 Å². The Kier molecular flexibility index (Phi) is 7.28. The number of rotatable bonds is 6. The number of aliphatic hydroxyl groups excluding tert-OH is 1. The Morgan fingerprint density at radius 2 is 2.10 bits per heavy atom. The first-order valence-corrected chi connectivity index (χ1v) is 6.62. The molecular weight excluding hydrogens is 296 g/mol.